The second kappa shape index (κ2) is 6.41. The molecule has 0 aromatic rings. The molecule has 0 aromatic heterocycles. The summed E-state index contributed by atoms with van der Waals surface area (Å²) in [5.41, 5.74) is 0. The highest BCUT2D eigenvalue weighted by atomic mass is 32.2. The van der Waals surface area contributed by atoms with Crippen LogP contribution in [0.25, 0.3) is 0 Å². The Morgan fingerprint density at radius 3 is 2.50 bits per heavy atom. The Labute approximate surface area is 120 Å². The zero-order valence-corrected chi connectivity index (χ0v) is 12.7. The van der Waals surface area contributed by atoms with Crippen LogP contribution in [0.2, 0.25) is 0 Å². The maximum Gasteiger partial charge on any atom is 0.317 e. The lowest BCUT2D eigenvalue weighted by molar-refractivity contribution is -0.139. The molecular formula is C13H24N2O4S. The van der Waals surface area contributed by atoms with Crippen LogP contribution in [0.1, 0.15) is 39.0 Å². The van der Waals surface area contributed by atoms with Crippen LogP contribution in [-0.2, 0) is 14.8 Å². The molecule has 0 radical (unpaired) electrons. The van der Waals surface area contributed by atoms with Gasteiger partial charge in [-0.05, 0) is 38.0 Å². The number of nitrogens with one attached hydrogen (secondary N) is 1. The van der Waals surface area contributed by atoms with E-state index in [1.807, 2.05) is 11.8 Å². The van der Waals surface area contributed by atoms with Crippen molar-refractivity contribution in [3.8, 4) is 0 Å². The van der Waals surface area contributed by atoms with Crippen LogP contribution in [0.5, 0.6) is 0 Å². The van der Waals surface area contributed by atoms with Gasteiger partial charge in [0.2, 0.25) is 10.0 Å². The molecule has 0 bridgehead atoms. The fraction of sp³-hybridized carbons (Fsp3) is 0.923. The molecule has 0 spiro atoms. The number of carbonyl (C=O) groups is 1. The molecule has 0 saturated heterocycles. The van der Waals surface area contributed by atoms with Gasteiger partial charge in [-0.2, -0.15) is 0 Å². The van der Waals surface area contributed by atoms with E-state index in [-0.39, 0.29) is 24.4 Å². The van der Waals surface area contributed by atoms with E-state index >= 15 is 0 Å². The molecule has 7 heteroatoms. The van der Waals surface area contributed by atoms with Crippen LogP contribution in [0, 0.1) is 5.92 Å². The van der Waals surface area contributed by atoms with Crippen LogP contribution in [0.4, 0.5) is 0 Å². The third kappa shape index (κ3) is 4.71. The predicted octanol–water partition coefficient (Wildman–Crippen LogP) is 0.643. The lowest BCUT2D eigenvalue weighted by Crippen LogP contribution is -2.55. The van der Waals surface area contributed by atoms with Gasteiger partial charge in [-0.3, -0.25) is 9.69 Å². The maximum absolute atomic E-state index is 11.7. The van der Waals surface area contributed by atoms with Gasteiger partial charge in [0, 0.05) is 18.6 Å². The quantitative estimate of drug-likeness (QED) is 0.653. The average Bonchev–Trinajstić information content (AvgIpc) is 3.05. The van der Waals surface area contributed by atoms with Crippen molar-refractivity contribution in [3.63, 3.8) is 0 Å². The van der Waals surface area contributed by atoms with Gasteiger partial charge < -0.3 is 5.11 Å². The number of carboxylic acids is 1. The van der Waals surface area contributed by atoms with Crippen molar-refractivity contribution in [2.45, 2.75) is 51.1 Å². The van der Waals surface area contributed by atoms with E-state index in [0.29, 0.717) is 12.3 Å². The molecule has 2 N–H and O–H groups in total. The maximum atomic E-state index is 11.7. The summed E-state index contributed by atoms with van der Waals surface area (Å²) in [4.78, 5) is 12.9. The number of sulfonamides is 1. The van der Waals surface area contributed by atoms with Crippen molar-refractivity contribution in [1.29, 1.82) is 0 Å². The summed E-state index contributed by atoms with van der Waals surface area (Å²) in [6.07, 6.45) is 4.44. The molecule has 0 aliphatic heterocycles. The minimum absolute atomic E-state index is 0.0213. The first kappa shape index (κ1) is 15.7. The molecule has 2 saturated carbocycles. The number of nitrogens with zero attached hydrogens (tertiary/aromatic N) is 1. The van der Waals surface area contributed by atoms with Gasteiger partial charge in [-0.15, -0.1) is 0 Å². The first-order valence-corrected chi connectivity index (χ1v) is 9.00. The van der Waals surface area contributed by atoms with Crippen molar-refractivity contribution in [3.05, 3.63) is 0 Å². The van der Waals surface area contributed by atoms with Gasteiger partial charge in [0.15, 0.2) is 0 Å². The summed E-state index contributed by atoms with van der Waals surface area (Å²) in [5.74, 6) is 0.000534. The average molecular weight is 304 g/mol. The van der Waals surface area contributed by atoms with Gasteiger partial charge in [0.1, 0.15) is 0 Å². The molecule has 0 amide bonds. The third-order valence-corrected chi connectivity index (χ3v) is 5.61. The lowest BCUT2D eigenvalue weighted by Gasteiger charge is -2.42. The number of hydrogen-bond acceptors (Lipinski definition) is 4. The van der Waals surface area contributed by atoms with E-state index in [4.69, 9.17) is 5.11 Å². The zero-order valence-electron chi connectivity index (χ0n) is 11.9. The fourth-order valence-electron chi connectivity index (χ4n) is 2.71. The minimum Gasteiger partial charge on any atom is -0.480 e. The molecular weight excluding hydrogens is 280 g/mol. The van der Waals surface area contributed by atoms with E-state index in [2.05, 4.69) is 4.72 Å². The monoisotopic (exact) mass is 304 g/mol. The van der Waals surface area contributed by atoms with E-state index in [1.165, 1.54) is 12.8 Å². The van der Waals surface area contributed by atoms with E-state index in [9.17, 15) is 13.2 Å². The lowest BCUT2D eigenvalue weighted by atomic mass is 9.86. The largest absolute Gasteiger partial charge is 0.480 e. The second-order valence-electron chi connectivity index (χ2n) is 6.03. The molecule has 0 heterocycles. The van der Waals surface area contributed by atoms with Gasteiger partial charge in [-0.25, -0.2) is 13.1 Å². The minimum atomic E-state index is -3.16. The van der Waals surface area contributed by atoms with Gasteiger partial charge >= 0.3 is 5.97 Å². The summed E-state index contributed by atoms with van der Waals surface area (Å²) in [6, 6.07) is 0.188. The topological polar surface area (TPSA) is 86.7 Å². The summed E-state index contributed by atoms with van der Waals surface area (Å²) in [7, 11) is -3.16. The predicted molar refractivity (Wildman–Crippen MR) is 76.0 cm³/mol. The van der Waals surface area contributed by atoms with Gasteiger partial charge in [-0.1, -0.05) is 6.92 Å². The smallest absolute Gasteiger partial charge is 0.317 e. The van der Waals surface area contributed by atoms with Crippen LogP contribution in [-0.4, -0.2) is 55.3 Å². The number of rotatable bonds is 9. The number of hydrogen-bond donors (Lipinski definition) is 2. The van der Waals surface area contributed by atoms with Crippen molar-refractivity contribution in [2.75, 3.05) is 18.8 Å². The Bertz CT molecular complexity index is 441. The van der Waals surface area contributed by atoms with Crippen LogP contribution in [0.3, 0.4) is 0 Å². The van der Waals surface area contributed by atoms with Crippen molar-refractivity contribution in [2.24, 2.45) is 5.92 Å². The highest BCUT2D eigenvalue weighted by molar-refractivity contribution is 7.89. The van der Waals surface area contributed by atoms with Crippen molar-refractivity contribution >= 4 is 16.0 Å². The molecule has 116 valence electrons. The number of carboxylic acid groups (broad SMARTS) is 1. The highest BCUT2D eigenvalue weighted by Gasteiger charge is 2.38. The first-order chi connectivity index (χ1) is 9.39. The zero-order chi connectivity index (χ0) is 14.8. The second-order valence-corrected chi connectivity index (χ2v) is 7.90. The standard InChI is InChI=1S/C13H24N2O4S/c1-2-5-20(18,19)14-11-6-12(7-11)15(9-13(16)17)8-10-3-4-10/h10-12,14H,2-9H2,1H3,(H,16,17). The van der Waals surface area contributed by atoms with Crippen LogP contribution >= 0.6 is 0 Å². The third-order valence-electron chi connectivity index (χ3n) is 3.98. The Morgan fingerprint density at radius 1 is 1.35 bits per heavy atom. The summed E-state index contributed by atoms with van der Waals surface area (Å²) in [5, 5.41) is 8.95. The van der Waals surface area contributed by atoms with E-state index in [0.717, 1.165) is 19.4 Å². The summed E-state index contributed by atoms with van der Waals surface area (Å²) in [6.45, 7) is 2.74. The molecule has 2 rings (SSSR count). The van der Waals surface area contributed by atoms with E-state index < -0.39 is 16.0 Å². The highest BCUT2D eigenvalue weighted by Crippen LogP contribution is 2.33. The molecule has 2 fully saturated rings. The molecule has 2 aliphatic rings. The normalized spacial score (nSPS) is 26.5. The van der Waals surface area contributed by atoms with Gasteiger partial charge in [0.05, 0.1) is 12.3 Å². The Morgan fingerprint density at radius 2 is 2.00 bits per heavy atom. The van der Waals surface area contributed by atoms with E-state index in [1.54, 1.807) is 0 Å². The summed E-state index contributed by atoms with van der Waals surface area (Å²) < 4.78 is 26.0. The van der Waals surface area contributed by atoms with Crippen LogP contribution in [0.15, 0.2) is 0 Å². The Kier molecular flexibility index (Phi) is 5.04. The molecule has 0 aromatic carbocycles. The Balaban J connectivity index is 1.78. The molecule has 0 atom stereocenters. The van der Waals surface area contributed by atoms with Crippen molar-refractivity contribution in [1.82, 2.24) is 9.62 Å². The molecule has 2 aliphatic carbocycles. The molecule has 20 heavy (non-hydrogen) atoms. The first-order valence-electron chi connectivity index (χ1n) is 7.35. The summed E-state index contributed by atoms with van der Waals surface area (Å²) >= 11 is 0. The van der Waals surface area contributed by atoms with Crippen molar-refractivity contribution < 1.29 is 18.3 Å². The number of aliphatic carboxylic acids is 1. The molecule has 6 nitrogen and oxygen atoms in total. The molecule has 0 unspecified atom stereocenters. The SMILES string of the molecule is CCCS(=O)(=O)NC1CC(N(CC(=O)O)CC2CC2)C1. The fourth-order valence-corrected chi connectivity index (χ4v) is 4.07. The van der Waals surface area contributed by atoms with Crippen LogP contribution < -0.4 is 4.72 Å². The van der Waals surface area contributed by atoms with Gasteiger partial charge in [0.25, 0.3) is 0 Å². The Hall–Kier alpha value is -0.660.